The third-order valence-electron chi connectivity index (χ3n) is 12.7. The summed E-state index contributed by atoms with van der Waals surface area (Å²) in [6.45, 7) is 8.29. The van der Waals surface area contributed by atoms with Gasteiger partial charge in [0.1, 0.15) is 37.5 Å². The Balaban J connectivity index is 1.48. The molecule has 1 aromatic heterocycles. The summed E-state index contributed by atoms with van der Waals surface area (Å²) in [4.78, 5) is 111. The molecular formula is C57H66N6O13. The van der Waals surface area contributed by atoms with Crippen molar-refractivity contribution in [1.82, 2.24) is 30.8 Å². The molecule has 5 aromatic rings. The van der Waals surface area contributed by atoms with Gasteiger partial charge in [0, 0.05) is 29.8 Å². The lowest BCUT2D eigenvalue weighted by Crippen LogP contribution is -2.63. The number of aromatic nitrogens is 2. The molecule has 0 radical (unpaired) electrons. The Labute approximate surface area is 440 Å². The van der Waals surface area contributed by atoms with E-state index in [1.165, 1.54) is 19.2 Å². The molecule has 0 bridgehead atoms. The summed E-state index contributed by atoms with van der Waals surface area (Å²) in [5.74, 6) is -5.86. The van der Waals surface area contributed by atoms with E-state index in [2.05, 4.69) is 26.3 Å². The Morgan fingerprint density at radius 1 is 0.618 bits per heavy atom. The Morgan fingerprint density at radius 3 is 1.47 bits per heavy atom. The Hall–Kier alpha value is -8.32. The minimum absolute atomic E-state index is 0.0148. The highest BCUT2D eigenvalue weighted by atomic mass is 16.6. The molecule has 1 aliphatic heterocycles. The number of ether oxygens (including phenoxy) is 4. The van der Waals surface area contributed by atoms with Gasteiger partial charge in [-0.15, -0.1) is 0 Å². The van der Waals surface area contributed by atoms with Crippen molar-refractivity contribution in [2.45, 2.75) is 116 Å². The highest BCUT2D eigenvalue weighted by Crippen LogP contribution is 2.33. The van der Waals surface area contributed by atoms with Gasteiger partial charge in [0.2, 0.25) is 11.8 Å². The van der Waals surface area contributed by atoms with Crippen LogP contribution in [0.2, 0.25) is 0 Å². The Kier molecular flexibility index (Phi) is 20.9. The molecule has 76 heavy (non-hydrogen) atoms. The molecule has 0 saturated heterocycles. The molecule has 7 atom stereocenters. The van der Waals surface area contributed by atoms with E-state index in [9.17, 15) is 33.9 Å². The lowest BCUT2D eigenvalue weighted by molar-refractivity contribution is -0.166. The number of H-pyrrole nitrogens is 1. The van der Waals surface area contributed by atoms with Crippen LogP contribution in [0.4, 0.5) is 9.59 Å². The summed E-state index contributed by atoms with van der Waals surface area (Å²) in [6, 6.07) is 31.4. The van der Waals surface area contributed by atoms with E-state index < -0.39 is 120 Å². The van der Waals surface area contributed by atoms with Crippen LogP contribution in [-0.2, 0) is 64.2 Å². The first-order valence-electron chi connectivity index (χ1n) is 25.2. The van der Waals surface area contributed by atoms with Crippen LogP contribution in [0.3, 0.4) is 0 Å². The molecule has 1 aliphatic rings. The van der Waals surface area contributed by atoms with Gasteiger partial charge in [-0.2, -0.15) is 0 Å². The predicted molar refractivity (Wildman–Crippen MR) is 280 cm³/mol. The highest BCUT2D eigenvalue weighted by Gasteiger charge is 2.47. The fraction of sp³-hybridized carbons (Fsp3) is 0.368. The number of aryl methyl sites for hydroxylation is 1. The maximum Gasteiger partial charge on any atom is 0.408 e. The molecule has 3 unspecified atom stereocenters. The van der Waals surface area contributed by atoms with Crippen LogP contribution in [0, 0.1) is 24.7 Å². The average Bonchev–Trinajstić information content (AvgIpc) is 3.90. The average molecular weight is 1040 g/mol. The van der Waals surface area contributed by atoms with Gasteiger partial charge in [-0.05, 0) is 59.9 Å². The largest absolute Gasteiger partial charge is 0.481 e. The van der Waals surface area contributed by atoms with Gasteiger partial charge in [0.05, 0.1) is 12.8 Å². The number of hydrogen-bond donors (Lipinski definition) is 6. The molecule has 4 aromatic carbocycles. The number of rotatable bonds is 25. The Bertz CT molecular complexity index is 2750. The molecular weight excluding hydrogens is 977 g/mol. The summed E-state index contributed by atoms with van der Waals surface area (Å²) in [5, 5.41) is 21.4. The predicted octanol–water partition coefficient (Wildman–Crippen LogP) is 6.05. The van der Waals surface area contributed by atoms with Gasteiger partial charge in [-0.3, -0.25) is 33.5 Å². The van der Waals surface area contributed by atoms with Crippen LogP contribution >= 0.6 is 0 Å². The number of nitrogens with zero attached hydrogens (tertiary/aromatic N) is 1. The molecule has 6 rings (SSSR count). The quantitative estimate of drug-likeness (QED) is 0.0221. The molecule has 19 nitrogen and oxygen atoms in total. The van der Waals surface area contributed by atoms with E-state index in [0.29, 0.717) is 11.1 Å². The van der Waals surface area contributed by atoms with Crippen molar-refractivity contribution in [1.29, 1.82) is 0 Å². The number of carbonyl (C=O) groups is 6. The Morgan fingerprint density at radius 2 is 1.05 bits per heavy atom. The lowest BCUT2D eigenvalue weighted by atomic mass is 9.78. The number of benzene rings is 4. The van der Waals surface area contributed by atoms with Crippen molar-refractivity contribution in [2.75, 3.05) is 0 Å². The summed E-state index contributed by atoms with van der Waals surface area (Å²) in [7, 11) is 0. The third kappa shape index (κ3) is 16.9. The summed E-state index contributed by atoms with van der Waals surface area (Å²) >= 11 is 0. The number of aromatic amines is 1. The van der Waals surface area contributed by atoms with E-state index in [1.807, 2.05) is 48.5 Å². The van der Waals surface area contributed by atoms with Gasteiger partial charge in [0.25, 0.3) is 5.56 Å². The number of hydrogen-bond acceptors (Lipinski definition) is 12. The summed E-state index contributed by atoms with van der Waals surface area (Å²) < 4.78 is 25.2. The third-order valence-corrected chi connectivity index (χ3v) is 12.7. The zero-order valence-electron chi connectivity index (χ0n) is 43.1. The molecule has 0 fully saturated rings. The smallest absolute Gasteiger partial charge is 0.408 e. The number of carboxylic acids is 1. The van der Waals surface area contributed by atoms with Gasteiger partial charge < -0.3 is 45.3 Å². The van der Waals surface area contributed by atoms with Crippen LogP contribution in [0.5, 0.6) is 0 Å². The first kappa shape index (κ1) is 57.0. The SMILES string of the molecule is Cc1cn([C@H]2C=C[C@@H](C(OC(=O)CCC(=O)O)C([C@H](Cc3ccccc3)NC(=O)C(NC(=O)OCc3ccccc3)C(C)C)[C@H](Cc3ccccc3)NC(=O)C(NC(=O)OCc3ccccc3)C(C)C)O2)c(=O)[nH]c1=O. The van der Waals surface area contributed by atoms with Crippen molar-refractivity contribution in [3.63, 3.8) is 0 Å². The molecule has 19 heteroatoms. The normalized spacial score (nSPS) is 16.3. The minimum atomic E-state index is -1.51. The maximum absolute atomic E-state index is 15.0. The number of amides is 4. The van der Waals surface area contributed by atoms with Crippen LogP contribution in [0.1, 0.15) is 74.6 Å². The molecule has 402 valence electrons. The molecule has 0 spiro atoms. The number of carboxylic acid groups (broad SMARTS) is 1. The molecule has 0 aliphatic carbocycles. The second kappa shape index (κ2) is 27.8. The van der Waals surface area contributed by atoms with Gasteiger partial charge >= 0.3 is 29.8 Å². The number of nitrogens with one attached hydrogen (secondary N) is 5. The highest BCUT2D eigenvalue weighted by molar-refractivity contribution is 5.87. The first-order valence-corrected chi connectivity index (χ1v) is 25.2. The van der Waals surface area contributed by atoms with Crippen molar-refractivity contribution >= 4 is 35.9 Å². The fourth-order valence-corrected chi connectivity index (χ4v) is 8.80. The molecule has 2 heterocycles. The van der Waals surface area contributed by atoms with E-state index in [0.717, 1.165) is 15.7 Å². The van der Waals surface area contributed by atoms with Crippen LogP contribution < -0.4 is 32.5 Å². The standard InChI is InChI=1S/C57H66N6O13/c1-35(2)49(60-56(71)73-33-40-22-14-8-15-23-40)53(68)58-42(30-38-18-10-6-11-19-38)48(51(76-47(66)29-28-46(64)65)44-26-27-45(75-44)63-32-37(5)52(67)62-55(63)70)43(31-39-20-12-7-13-21-39)59-54(69)50(36(3)4)61-57(72)74-34-41-24-16-9-17-25-41/h6-27,32,35-36,42-45,48-51H,28-31,33-34H2,1-5H3,(H,58,68)(H,59,69)(H,60,71)(H,61,72)(H,64,65)(H,62,67,70)/t42-,43-,44-,45+,48?,49?,50?,51?/m0/s1. The van der Waals surface area contributed by atoms with Crippen molar-refractivity contribution in [3.05, 3.63) is 188 Å². The zero-order valence-corrected chi connectivity index (χ0v) is 43.1. The fourth-order valence-electron chi connectivity index (χ4n) is 8.80. The van der Waals surface area contributed by atoms with Crippen LogP contribution in [-0.4, -0.2) is 87.0 Å². The van der Waals surface area contributed by atoms with E-state index >= 15 is 9.59 Å². The minimum Gasteiger partial charge on any atom is -0.481 e. The summed E-state index contributed by atoms with van der Waals surface area (Å²) in [5.41, 5.74) is 1.60. The van der Waals surface area contributed by atoms with Crippen molar-refractivity contribution in [3.8, 4) is 0 Å². The molecule has 0 saturated carbocycles. The number of esters is 1. The van der Waals surface area contributed by atoms with E-state index in [-0.39, 0.29) is 31.6 Å². The second-order valence-electron chi connectivity index (χ2n) is 19.2. The number of carbonyl (C=O) groups excluding carboxylic acids is 5. The van der Waals surface area contributed by atoms with Gasteiger partial charge in [0.15, 0.2) is 6.23 Å². The zero-order chi connectivity index (χ0) is 54.7. The second-order valence-corrected chi connectivity index (χ2v) is 19.2. The molecule has 6 N–H and O–H groups in total. The molecule has 4 amide bonds. The van der Waals surface area contributed by atoms with Gasteiger partial charge in [-0.25, -0.2) is 14.4 Å². The number of alkyl carbamates (subject to hydrolysis) is 2. The van der Waals surface area contributed by atoms with Crippen LogP contribution in [0.15, 0.2) is 149 Å². The summed E-state index contributed by atoms with van der Waals surface area (Å²) in [6.07, 6.45) is -2.47. The number of aliphatic carboxylic acids is 1. The van der Waals surface area contributed by atoms with E-state index in [4.69, 9.17) is 18.9 Å². The van der Waals surface area contributed by atoms with E-state index in [1.54, 1.807) is 107 Å². The van der Waals surface area contributed by atoms with Crippen molar-refractivity contribution in [2.24, 2.45) is 17.8 Å². The topological polar surface area (TPSA) is 263 Å². The first-order chi connectivity index (χ1) is 36.4. The maximum atomic E-state index is 15.0. The lowest BCUT2D eigenvalue weighted by Gasteiger charge is -2.42. The van der Waals surface area contributed by atoms with Crippen molar-refractivity contribution < 1.29 is 52.8 Å². The monoisotopic (exact) mass is 1040 g/mol. The van der Waals surface area contributed by atoms with Crippen LogP contribution in [0.25, 0.3) is 0 Å². The van der Waals surface area contributed by atoms with Gasteiger partial charge in [-0.1, -0.05) is 155 Å².